The monoisotopic (exact) mass is 586 g/mol. The fraction of sp³-hybridized carbons (Fsp3) is 0.0571. The highest BCUT2D eigenvalue weighted by Gasteiger charge is 2.21. The molecule has 5 aromatic carbocycles. The third-order valence-corrected chi connectivity index (χ3v) is 7.63. The number of carbonyl (C=O) groups is 3. The second kappa shape index (κ2) is 11.5. The van der Waals surface area contributed by atoms with Gasteiger partial charge in [0.15, 0.2) is 6.10 Å². The zero-order chi connectivity index (χ0) is 31.0. The average molecular weight is 587 g/mol. The van der Waals surface area contributed by atoms with Crippen molar-refractivity contribution in [1.29, 1.82) is 0 Å². The van der Waals surface area contributed by atoms with Gasteiger partial charge in [-0.15, -0.1) is 0 Å². The summed E-state index contributed by atoms with van der Waals surface area (Å²) in [6.07, 6.45) is -1.35. The highest BCUT2D eigenvalue weighted by molar-refractivity contribution is 6.20. The molecule has 0 fully saturated rings. The number of amides is 3. The Labute approximate surface area is 251 Å². The number of aromatic amines is 1. The highest BCUT2D eigenvalue weighted by atomic mass is 19.1. The van der Waals surface area contributed by atoms with Crippen molar-refractivity contribution >= 4 is 50.9 Å². The zero-order valence-corrected chi connectivity index (χ0v) is 23.5. The molecule has 6 N–H and O–H groups in total. The highest BCUT2D eigenvalue weighted by Crippen LogP contribution is 2.39. The van der Waals surface area contributed by atoms with E-state index in [4.69, 9.17) is 5.73 Å². The van der Waals surface area contributed by atoms with E-state index in [1.54, 1.807) is 54.6 Å². The number of benzene rings is 5. The number of aliphatic hydroxyl groups excluding tert-OH is 1. The maximum Gasteiger partial charge on any atom is 0.257 e. The Bertz CT molecular complexity index is 2070. The molecule has 0 aliphatic heterocycles. The molecule has 1 unspecified atom stereocenters. The van der Waals surface area contributed by atoms with Gasteiger partial charge in [0, 0.05) is 33.2 Å². The standard InChI is InChI=1S/C35H27FN4O4/c1-19-24(8-5-9-28(19)40-34(43)21-10-12-22(36)13-11-21)25-16-17-27(33(37)42)31-30(25)26-15-14-23(18-29(26)39-31)38-35(44)32(41)20-6-3-2-4-7-20/h2-18,32,39,41H,1H3,(H2,37,42)(H,38,44)(H,40,43). The number of H-pyrrole nitrogens is 1. The lowest BCUT2D eigenvalue weighted by molar-refractivity contribution is -0.124. The van der Waals surface area contributed by atoms with E-state index in [0.717, 1.165) is 27.5 Å². The molecule has 0 spiro atoms. The molecule has 0 bridgehead atoms. The summed E-state index contributed by atoms with van der Waals surface area (Å²) in [6.45, 7) is 1.88. The molecule has 6 aromatic rings. The minimum Gasteiger partial charge on any atom is -0.378 e. The third-order valence-electron chi connectivity index (χ3n) is 7.63. The number of primary amides is 1. The molecule has 218 valence electrons. The molecule has 1 aromatic heterocycles. The average Bonchev–Trinajstić information content (AvgIpc) is 3.40. The molecular formula is C35H27FN4O4. The van der Waals surface area contributed by atoms with Gasteiger partial charge >= 0.3 is 0 Å². The van der Waals surface area contributed by atoms with Crippen molar-refractivity contribution in [3.63, 3.8) is 0 Å². The van der Waals surface area contributed by atoms with Gasteiger partial charge in [-0.05, 0) is 77.7 Å². The van der Waals surface area contributed by atoms with Crippen LogP contribution in [0, 0.1) is 12.7 Å². The summed E-state index contributed by atoms with van der Waals surface area (Å²) in [4.78, 5) is 41.4. The van der Waals surface area contributed by atoms with Gasteiger partial charge in [-0.2, -0.15) is 0 Å². The van der Waals surface area contributed by atoms with Crippen molar-refractivity contribution in [2.45, 2.75) is 13.0 Å². The van der Waals surface area contributed by atoms with Gasteiger partial charge in [-0.3, -0.25) is 14.4 Å². The SMILES string of the molecule is Cc1c(NC(=O)c2ccc(F)cc2)cccc1-c1ccc(C(N)=O)c2[nH]c3cc(NC(=O)C(O)c4ccccc4)ccc3c12. The lowest BCUT2D eigenvalue weighted by Gasteiger charge is -2.15. The summed E-state index contributed by atoms with van der Waals surface area (Å²) in [5.74, 6) is -2.00. The Kier molecular flexibility index (Phi) is 7.38. The second-order valence-electron chi connectivity index (χ2n) is 10.4. The topological polar surface area (TPSA) is 137 Å². The number of nitrogens with two attached hydrogens (primary N) is 1. The summed E-state index contributed by atoms with van der Waals surface area (Å²) in [6, 6.07) is 28.2. The number of anilines is 2. The number of halogens is 1. The lowest BCUT2D eigenvalue weighted by Crippen LogP contribution is -2.20. The molecule has 1 atom stereocenters. The molecule has 6 rings (SSSR count). The molecule has 44 heavy (non-hydrogen) atoms. The van der Waals surface area contributed by atoms with Crippen molar-refractivity contribution in [1.82, 2.24) is 4.98 Å². The number of hydrogen-bond acceptors (Lipinski definition) is 4. The summed E-state index contributed by atoms with van der Waals surface area (Å²) < 4.78 is 13.4. The lowest BCUT2D eigenvalue weighted by atomic mass is 9.93. The van der Waals surface area contributed by atoms with Gasteiger partial charge < -0.3 is 26.5 Å². The van der Waals surface area contributed by atoms with Gasteiger partial charge in [-0.1, -0.05) is 54.6 Å². The Morgan fingerprint density at radius 2 is 1.59 bits per heavy atom. The van der Waals surface area contributed by atoms with Crippen LogP contribution in [0.3, 0.4) is 0 Å². The van der Waals surface area contributed by atoms with Crippen LogP contribution in [0.25, 0.3) is 32.9 Å². The van der Waals surface area contributed by atoms with Crippen LogP contribution in [-0.4, -0.2) is 27.8 Å². The van der Waals surface area contributed by atoms with Crippen LogP contribution in [0.15, 0.2) is 103 Å². The third kappa shape index (κ3) is 5.28. The predicted molar refractivity (Wildman–Crippen MR) is 169 cm³/mol. The smallest absolute Gasteiger partial charge is 0.257 e. The van der Waals surface area contributed by atoms with Crippen LogP contribution in [-0.2, 0) is 4.79 Å². The predicted octanol–water partition coefficient (Wildman–Crippen LogP) is 6.46. The first kappa shape index (κ1) is 28.3. The van der Waals surface area contributed by atoms with E-state index in [0.29, 0.717) is 39.1 Å². The second-order valence-corrected chi connectivity index (χ2v) is 10.4. The van der Waals surface area contributed by atoms with E-state index >= 15 is 0 Å². The molecule has 0 aliphatic rings. The Morgan fingerprint density at radius 3 is 2.32 bits per heavy atom. The minimum atomic E-state index is -1.35. The van der Waals surface area contributed by atoms with Crippen LogP contribution in [0.1, 0.15) is 37.9 Å². The first-order chi connectivity index (χ1) is 21.2. The quantitative estimate of drug-likeness (QED) is 0.147. The molecule has 0 saturated carbocycles. The minimum absolute atomic E-state index is 0.295. The molecular weight excluding hydrogens is 559 g/mol. The maximum atomic E-state index is 13.4. The van der Waals surface area contributed by atoms with Crippen molar-refractivity contribution in [2.75, 3.05) is 10.6 Å². The van der Waals surface area contributed by atoms with Crippen LogP contribution in [0.2, 0.25) is 0 Å². The van der Waals surface area contributed by atoms with Crippen molar-refractivity contribution in [3.05, 3.63) is 131 Å². The summed E-state index contributed by atoms with van der Waals surface area (Å²) >= 11 is 0. The van der Waals surface area contributed by atoms with Gasteiger partial charge in [0.05, 0.1) is 11.1 Å². The van der Waals surface area contributed by atoms with Crippen molar-refractivity contribution in [2.24, 2.45) is 5.73 Å². The first-order valence-corrected chi connectivity index (χ1v) is 13.8. The number of rotatable bonds is 7. The van der Waals surface area contributed by atoms with Gasteiger partial charge in [0.1, 0.15) is 5.82 Å². The molecule has 8 nitrogen and oxygen atoms in total. The van der Waals surface area contributed by atoms with Crippen molar-refractivity contribution in [3.8, 4) is 11.1 Å². The summed E-state index contributed by atoms with van der Waals surface area (Å²) in [5, 5.41) is 17.7. The number of nitrogens with one attached hydrogen (secondary N) is 3. The molecule has 3 amide bonds. The van der Waals surface area contributed by atoms with E-state index in [1.807, 2.05) is 31.2 Å². The van der Waals surface area contributed by atoms with E-state index in [2.05, 4.69) is 15.6 Å². The van der Waals surface area contributed by atoms with E-state index in [9.17, 15) is 23.9 Å². The largest absolute Gasteiger partial charge is 0.378 e. The number of fused-ring (bicyclic) bond motifs is 3. The van der Waals surface area contributed by atoms with E-state index in [-0.39, 0.29) is 5.91 Å². The number of aromatic nitrogens is 1. The fourth-order valence-corrected chi connectivity index (χ4v) is 5.38. The maximum absolute atomic E-state index is 13.4. The van der Waals surface area contributed by atoms with Crippen LogP contribution in [0.5, 0.6) is 0 Å². The zero-order valence-electron chi connectivity index (χ0n) is 23.5. The van der Waals surface area contributed by atoms with Gasteiger partial charge in [0.25, 0.3) is 17.7 Å². The van der Waals surface area contributed by atoms with Crippen LogP contribution >= 0.6 is 0 Å². The molecule has 0 radical (unpaired) electrons. The first-order valence-electron chi connectivity index (χ1n) is 13.8. The Balaban J connectivity index is 1.40. The molecule has 9 heteroatoms. The fourth-order valence-electron chi connectivity index (χ4n) is 5.38. The molecule has 1 heterocycles. The van der Waals surface area contributed by atoms with Crippen LogP contribution in [0.4, 0.5) is 15.8 Å². The summed E-state index contributed by atoms with van der Waals surface area (Å²) in [7, 11) is 0. The normalized spacial score (nSPS) is 11.8. The van der Waals surface area contributed by atoms with Gasteiger partial charge in [0.2, 0.25) is 0 Å². The summed E-state index contributed by atoms with van der Waals surface area (Å²) in [5.41, 5.74) is 11.4. The molecule has 0 aliphatic carbocycles. The Hall–Kier alpha value is -5.80. The Morgan fingerprint density at radius 1 is 0.841 bits per heavy atom. The van der Waals surface area contributed by atoms with Crippen LogP contribution < -0.4 is 16.4 Å². The number of aliphatic hydroxyl groups is 1. The van der Waals surface area contributed by atoms with Gasteiger partial charge in [-0.25, -0.2) is 4.39 Å². The van der Waals surface area contributed by atoms with E-state index in [1.165, 1.54) is 24.3 Å². The molecule has 0 saturated heterocycles. The number of hydrogen-bond donors (Lipinski definition) is 5. The number of carbonyl (C=O) groups excluding carboxylic acids is 3. The van der Waals surface area contributed by atoms with E-state index < -0.39 is 23.7 Å². The van der Waals surface area contributed by atoms with Crippen molar-refractivity contribution < 1.29 is 23.9 Å².